The second kappa shape index (κ2) is 8.50. The lowest BCUT2D eigenvalue weighted by molar-refractivity contribution is -0.130. The third kappa shape index (κ3) is 4.02. The Balaban J connectivity index is 1.29. The first-order chi connectivity index (χ1) is 15.7. The highest BCUT2D eigenvalue weighted by Gasteiger charge is 2.27. The molecule has 160 valence electrons. The van der Waals surface area contributed by atoms with Crippen LogP contribution in [-0.4, -0.2) is 58.8 Å². The Morgan fingerprint density at radius 2 is 1.75 bits per heavy atom. The summed E-state index contributed by atoms with van der Waals surface area (Å²) in [5, 5.41) is 2.07. The van der Waals surface area contributed by atoms with E-state index in [0.717, 1.165) is 22.0 Å². The van der Waals surface area contributed by atoms with Crippen LogP contribution in [0.4, 0.5) is 5.69 Å². The monoisotopic (exact) mass is 426 g/mol. The second-order valence-electron chi connectivity index (χ2n) is 7.55. The number of nitrogens with two attached hydrogens (primary N) is 1. The van der Waals surface area contributed by atoms with Gasteiger partial charge in [-0.1, -0.05) is 36.4 Å². The van der Waals surface area contributed by atoms with Crippen molar-refractivity contribution in [1.29, 1.82) is 0 Å². The van der Waals surface area contributed by atoms with E-state index in [1.165, 1.54) is 0 Å². The molecule has 1 aromatic heterocycles. The summed E-state index contributed by atoms with van der Waals surface area (Å²) in [5.74, 6) is 0.375. The van der Waals surface area contributed by atoms with Crippen molar-refractivity contribution in [3.8, 4) is 0 Å². The number of hydrogen-bond acceptors (Lipinski definition) is 6. The number of carbonyl (C=O) groups excluding carboxylic acids is 1. The van der Waals surface area contributed by atoms with Crippen LogP contribution in [0, 0.1) is 0 Å². The number of rotatable bonds is 3. The van der Waals surface area contributed by atoms with E-state index < -0.39 is 5.97 Å². The molecule has 0 aliphatic carbocycles. The fourth-order valence-corrected chi connectivity index (χ4v) is 3.80. The van der Waals surface area contributed by atoms with Crippen LogP contribution >= 0.6 is 0 Å². The van der Waals surface area contributed by atoms with Crippen molar-refractivity contribution >= 4 is 34.3 Å². The number of carbonyl (C=O) groups is 1. The normalized spacial score (nSPS) is 18.2. The number of aromatic nitrogens is 1. The molecular formula is C24H22N6O2. The average molecular weight is 426 g/mol. The van der Waals surface area contributed by atoms with Crippen LogP contribution in [0.2, 0.25) is 0 Å². The Morgan fingerprint density at radius 1 is 1.00 bits per heavy atom. The number of guanidine groups is 1. The van der Waals surface area contributed by atoms with Gasteiger partial charge in [0.15, 0.2) is 11.7 Å². The molecule has 0 unspecified atom stereocenters. The summed E-state index contributed by atoms with van der Waals surface area (Å²) in [4.78, 5) is 29.5. The number of pyridine rings is 1. The Hall–Kier alpha value is -4.20. The quantitative estimate of drug-likeness (QED) is 0.299. The molecule has 0 amide bonds. The largest absolute Gasteiger partial charge is 0.402 e. The number of nitrogens with zero attached hydrogens (tertiary/aromatic N) is 5. The maximum Gasteiger partial charge on any atom is 0.365 e. The van der Waals surface area contributed by atoms with Gasteiger partial charge < -0.3 is 20.3 Å². The SMILES string of the molecule is NC(=Nc1ccncc1)N1CCN(/C=C2/N=C(c3cccc4ccccc34)OC2=O)CC1. The molecule has 32 heavy (non-hydrogen) atoms. The number of hydrogen-bond donors (Lipinski definition) is 1. The number of aliphatic imine (C=N–C) groups is 2. The van der Waals surface area contributed by atoms with Gasteiger partial charge >= 0.3 is 5.97 Å². The van der Waals surface area contributed by atoms with E-state index in [-0.39, 0.29) is 0 Å². The van der Waals surface area contributed by atoms with Crippen LogP contribution < -0.4 is 5.73 Å². The van der Waals surface area contributed by atoms with E-state index in [4.69, 9.17) is 10.5 Å². The van der Waals surface area contributed by atoms with Crippen molar-refractivity contribution in [2.75, 3.05) is 26.2 Å². The van der Waals surface area contributed by atoms with Gasteiger partial charge in [0.1, 0.15) is 0 Å². The molecular weight excluding hydrogens is 404 g/mol. The number of esters is 1. The molecule has 1 saturated heterocycles. The third-order valence-corrected chi connectivity index (χ3v) is 5.49. The minimum atomic E-state index is -0.436. The molecule has 2 aliphatic rings. The first kappa shape index (κ1) is 19.7. The second-order valence-corrected chi connectivity index (χ2v) is 7.55. The zero-order valence-electron chi connectivity index (χ0n) is 17.4. The standard InChI is InChI=1S/C24H22N6O2/c25-24(27-18-8-10-26-11-9-18)30-14-12-29(13-15-30)16-21-23(31)32-22(28-21)20-7-3-5-17-4-1-2-6-19(17)20/h1-11,16H,12-15H2,(H2,25,26,27)/b21-16+. The molecule has 0 saturated carbocycles. The maximum absolute atomic E-state index is 12.5. The lowest BCUT2D eigenvalue weighted by Gasteiger charge is -2.34. The van der Waals surface area contributed by atoms with E-state index in [1.54, 1.807) is 18.6 Å². The molecule has 3 aromatic rings. The molecule has 2 aliphatic heterocycles. The smallest absolute Gasteiger partial charge is 0.365 e. The predicted octanol–water partition coefficient (Wildman–Crippen LogP) is 2.64. The molecule has 0 spiro atoms. The molecule has 8 nitrogen and oxygen atoms in total. The van der Waals surface area contributed by atoms with Gasteiger partial charge in [-0.2, -0.15) is 0 Å². The summed E-state index contributed by atoms with van der Waals surface area (Å²) in [6.07, 6.45) is 5.14. The number of fused-ring (bicyclic) bond motifs is 1. The predicted molar refractivity (Wildman–Crippen MR) is 123 cm³/mol. The highest BCUT2D eigenvalue weighted by Crippen LogP contribution is 2.24. The molecule has 3 heterocycles. The Kier molecular flexibility index (Phi) is 5.25. The number of benzene rings is 2. The topological polar surface area (TPSA) is 96.4 Å². The third-order valence-electron chi connectivity index (χ3n) is 5.49. The molecule has 0 atom stereocenters. The lowest BCUT2D eigenvalue weighted by Crippen LogP contribution is -2.49. The fraction of sp³-hybridized carbons (Fsp3) is 0.167. The highest BCUT2D eigenvalue weighted by atomic mass is 16.6. The molecule has 5 rings (SSSR count). The van der Waals surface area contributed by atoms with E-state index >= 15 is 0 Å². The van der Waals surface area contributed by atoms with Crippen molar-refractivity contribution in [3.05, 3.63) is 84.5 Å². The van der Waals surface area contributed by atoms with Gasteiger partial charge in [-0.25, -0.2) is 14.8 Å². The lowest BCUT2D eigenvalue weighted by atomic mass is 10.0. The number of ether oxygens (including phenoxy) is 1. The van der Waals surface area contributed by atoms with Crippen LogP contribution in [0.1, 0.15) is 5.56 Å². The van der Waals surface area contributed by atoms with Crippen LogP contribution in [0.3, 0.4) is 0 Å². The van der Waals surface area contributed by atoms with Gasteiger partial charge in [0.2, 0.25) is 5.90 Å². The first-order valence-corrected chi connectivity index (χ1v) is 10.4. The van der Waals surface area contributed by atoms with E-state index in [1.807, 2.05) is 59.5 Å². The highest BCUT2D eigenvalue weighted by molar-refractivity contribution is 6.16. The van der Waals surface area contributed by atoms with Crippen LogP contribution in [0.5, 0.6) is 0 Å². The Morgan fingerprint density at radius 3 is 2.56 bits per heavy atom. The molecule has 1 fully saturated rings. The van der Waals surface area contributed by atoms with Gasteiger partial charge in [0.25, 0.3) is 0 Å². The number of piperazine rings is 1. The van der Waals surface area contributed by atoms with Crippen molar-refractivity contribution in [1.82, 2.24) is 14.8 Å². The van der Waals surface area contributed by atoms with Gasteiger partial charge in [-0.15, -0.1) is 0 Å². The van der Waals surface area contributed by atoms with E-state index in [2.05, 4.69) is 19.9 Å². The molecule has 8 heteroatoms. The summed E-state index contributed by atoms with van der Waals surface area (Å²) < 4.78 is 5.50. The van der Waals surface area contributed by atoms with Crippen molar-refractivity contribution < 1.29 is 9.53 Å². The molecule has 2 N–H and O–H groups in total. The van der Waals surface area contributed by atoms with Crippen LogP contribution in [0.25, 0.3) is 10.8 Å². The van der Waals surface area contributed by atoms with Crippen LogP contribution in [0.15, 0.2) is 88.9 Å². The minimum Gasteiger partial charge on any atom is -0.402 e. The Bertz CT molecular complexity index is 1240. The van der Waals surface area contributed by atoms with Gasteiger partial charge in [-0.05, 0) is 29.0 Å². The van der Waals surface area contributed by atoms with Gasteiger partial charge in [0.05, 0.1) is 5.69 Å². The zero-order valence-corrected chi connectivity index (χ0v) is 17.4. The van der Waals surface area contributed by atoms with Crippen molar-refractivity contribution in [3.63, 3.8) is 0 Å². The zero-order chi connectivity index (χ0) is 21.9. The average Bonchev–Trinajstić information content (AvgIpc) is 3.19. The summed E-state index contributed by atoms with van der Waals surface area (Å²) in [6.45, 7) is 2.78. The fourth-order valence-electron chi connectivity index (χ4n) is 3.80. The van der Waals surface area contributed by atoms with E-state index in [0.29, 0.717) is 43.7 Å². The van der Waals surface area contributed by atoms with E-state index in [9.17, 15) is 4.79 Å². The van der Waals surface area contributed by atoms with Crippen molar-refractivity contribution in [2.24, 2.45) is 15.7 Å². The van der Waals surface area contributed by atoms with Crippen molar-refractivity contribution in [2.45, 2.75) is 0 Å². The molecule has 0 radical (unpaired) electrons. The first-order valence-electron chi connectivity index (χ1n) is 10.4. The Labute approximate surface area is 185 Å². The summed E-state index contributed by atoms with van der Waals surface area (Å²) in [5.41, 5.74) is 8.05. The van der Waals surface area contributed by atoms with Gasteiger partial charge in [0, 0.05) is 50.3 Å². The van der Waals surface area contributed by atoms with Crippen LogP contribution in [-0.2, 0) is 9.53 Å². The summed E-state index contributed by atoms with van der Waals surface area (Å²) in [6, 6.07) is 17.5. The van der Waals surface area contributed by atoms with Gasteiger partial charge in [-0.3, -0.25) is 4.98 Å². The molecule has 0 bridgehead atoms. The number of cyclic esters (lactones) is 1. The maximum atomic E-state index is 12.5. The minimum absolute atomic E-state index is 0.305. The molecule has 2 aromatic carbocycles. The summed E-state index contributed by atoms with van der Waals surface area (Å²) >= 11 is 0. The summed E-state index contributed by atoms with van der Waals surface area (Å²) in [7, 11) is 0.